The SMILES string of the molecule is O=Cc1cc(Cn2cc([N+](=O)[O-])cn2)cs1. The molecule has 0 aliphatic carbocycles. The van der Waals surface area contributed by atoms with Gasteiger partial charge in [0.2, 0.25) is 0 Å². The summed E-state index contributed by atoms with van der Waals surface area (Å²) in [6, 6.07) is 1.74. The van der Waals surface area contributed by atoms with Crippen LogP contribution in [0.5, 0.6) is 0 Å². The number of nitro groups is 1. The normalized spacial score (nSPS) is 10.2. The first-order valence-corrected chi connectivity index (χ1v) is 5.26. The quantitative estimate of drug-likeness (QED) is 0.460. The van der Waals surface area contributed by atoms with Crippen LogP contribution in [0.4, 0.5) is 5.69 Å². The second-order valence-electron chi connectivity index (χ2n) is 3.13. The van der Waals surface area contributed by atoms with Gasteiger partial charge in [0.1, 0.15) is 12.4 Å². The Bertz CT molecular complexity index is 532. The van der Waals surface area contributed by atoms with E-state index in [0.29, 0.717) is 11.4 Å². The molecule has 82 valence electrons. The molecule has 0 unspecified atom stereocenters. The Morgan fingerprint density at radius 3 is 3.00 bits per heavy atom. The maximum atomic E-state index is 10.5. The van der Waals surface area contributed by atoms with Gasteiger partial charge < -0.3 is 0 Å². The summed E-state index contributed by atoms with van der Waals surface area (Å²) >= 11 is 1.34. The van der Waals surface area contributed by atoms with E-state index in [-0.39, 0.29) is 5.69 Å². The lowest BCUT2D eigenvalue weighted by Crippen LogP contribution is -1.98. The van der Waals surface area contributed by atoms with E-state index < -0.39 is 4.92 Å². The summed E-state index contributed by atoms with van der Waals surface area (Å²) in [4.78, 5) is 21.0. The number of rotatable bonds is 4. The maximum Gasteiger partial charge on any atom is 0.307 e. The summed E-state index contributed by atoms with van der Waals surface area (Å²) in [5.74, 6) is 0. The Kier molecular flexibility index (Phi) is 2.78. The molecule has 0 amide bonds. The van der Waals surface area contributed by atoms with Gasteiger partial charge in [0.25, 0.3) is 0 Å². The lowest BCUT2D eigenvalue weighted by molar-refractivity contribution is -0.385. The van der Waals surface area contributed by atoms with E-state index in [1.807, 2.05) is 5.38 Å². The highest BCUT2D eigenvalue weighted by atomic mass is 32.1. The van der Waals surface area contributed by atoms with Crippen LogP contribution in [0.1, 0.15) is 15.2 Å². The summed E-state index contributed by atoms with van der Waals surface area (Å²) in [5, 5.41) is 16.1. The molecule has 2 heterocycles. The molecule has 7 heteroatoms. The highest BCUT2D eigenvalue weighted by molar-refractivity contribution is 7.11. The molecule has 0 saturated carbocycles. The van der Waals surface area contributed by atoms with E-state index in [9.17, 15) is 14.9 Å². The summed E-state index contributed by atoms with van der Waals surface area (Å²) in [6.45, 7) is 0.429. The van der Waals surface area contributed by atoms with Crippen molar-refractivity contribution in [2.45, 2.75) is 6.54 Å². The summed E-state index contributed by atoms with van der Waals surface area (Å²) in [6.07, 6.45) is 3.34. The summed E-state index contributed by atoms with van der Waals surface area (Å²) in [5.41, 5.74) is 0.871. The Labute approximate surface area is 94.3 Å². The zero-order chi connectivity index (χ0) is 11.5. The molecule has 2 aromatic heterocycles. The van der Waals surface area contributed by atoms with Gasteiger partial charge in [0, 0.05) is 0 Å². The molecule has 0 atom stereocenters. The van der Waals surface area contributed by atoms with E-state index in [4.69, 9.17) is 0 Å². The molecular weight excluding hydrogens is 230 g/mol. The van der Waals surface area contributed by atoms with E-state index in [1.165, 1.54) is 28.4 Å². The number of carbonyl (C=O) groups excluding carboxylic acids is 1. The van der Waals surface area contributed by atoms with Gasteiger partial charge in [-0.15, -0.1) is 11.3 Å². The Morgan fingerprint density at radius 1 is 1.62 bits per heavy atom. The first kappa shape index (κ1) is 10.5. The van der Waals surface area contributed by atoms with Gasteiger partial charge in [0.15, 0.2) is 6.29 Å². The van der Waals surface area contributed by atoms with Gasteiger partial charge in [-0.1, -0.05) is 0 Å². The minimum absolute atomic E-state index is 0.0363. The number of carbonyl (C=O) groups is 1. The second-order valence-corrected chi connectivity index (χ2v) is 4.07. The minimum atomic E-state index is -0.492. The number of thiophene rings is 1. The number of aromatic nitrogens is 2. The topological polar surface area (TPSA) is 78.0 Å². The molecule has 6 nitrogen and oxygen atoms in total. The molecule has 0 saturated heterocycles. The van der Waals surface area contributed by atoms with Gasteiger partial charge >= 0.3 is 5.69 Å². The fraction of sp³-hybridized carbons (Fsp3) is 0.111. The smallest absolute Gasteiger partial charge is 0.297 e. The third kappa shape index (κ3) is 2.14. The van der Waals surface area contributed by atoms with Crippen molar-refractivity contribution in [2.24, 2.45) is 0 Å². The van der Waals surface area contributed by atoms with Gasteiger partial charge in [-0.25, -0.2) is 0 Å². The number of aldehydes is 1. The van der Waals surface area contributed by atoms with Crippen LogP contribution < -0.4 is 0 Å². The molecule has 2 rings (SSSR count). The molecule has 0 bridgehead atoms. The van der Waals surface area contributed by atoms with Crippen molar-refractivity contribution < 1.29 is 9.72 Å². The number of hydrogen-bond donors (Lipinski definition) is 0. The second kappa shape index (κ2) is 4.23. The lowest BCUT2D eigenvalue weighted by atomic mass is 10.3. The average Bonchev–Trinajstić information content (AvgIpc) is 2.87. The standard InChI is InChI=1S/C9H7N3O3S/c13-5-9-1-7(6-16-9)3-11-4-8(2-10-11)12(14)15/h1-2,4-6H,3H2. The summed E-state index contributed by atoms with van der Waals surface area (Å²) in [7, 11) is 0. The van der Waals surface area contributed by atoms with Crippen LogP contribution in [-0.2, 0) is 6.54 Å². The van der Waals surface area contributed by atoms with Crippen LogP contribution in [-0.4, -0.2) is 21.0 Å². The Hall–Kier alpha value is -2.02. The van der Waals surface area contributed by atoms with Gasteiger partial charge in [-0.05, 0) is 17.0 Å². The van der Waals surface area contributed by atoms with Crippen molar-refractivity contribution in [1.29, 1.82) is 0 Å². The van der Waals surface area contributed by atoms with Gasteiger partial charge in [-0.3, -0.25) is 19.6 Å². The number of hydrogen-bond acceptors (Lipinski definition) is 5. The van der Waals surface area contributed by atoms with Gasteiger partial charge in [-0.2, -0.15) is 5.10 Å². The van der Waals surface area contributed by atoms with Crippen molar-refractivity contribution in [3.63, 3.8) is 0 Å². The molecule has 0 aromatic carbocycles. The molecule has 0 radical (unpaired) electrons. The minimum Gasteiger partial charge on any atom is -0.297 e. The molecule has 0 spiro atoms. The molecule has 0 fully saturated rings. The van der Waals surface area contributed by atoms with Crippen molar-refractivity contribution in [1.82, 2.24) is 9.78 Å². The van der Waals surface area contributed by atoms with Gasteiger partial charge in [0.05, 0.1) is 16.3 Å². The molecule has 2 aromatic rings. The van der Waals surface area contributed by atoms with Crippen LogP contribution in [0.25, 0.3) is 0 Å². The van der Waals surface area contributed by atoms with Crippen molar-refractivity contribution in [3.8, 4) is 0 Å². The first-order valence-electron chi connectivity index (χ1n) is 4.38. The average molecular weight is 237 g/mol. The highest BCUT2D eigenvalue weighted by Gasteiger charge is 2.09. The summed E-state index contributed by atoms with van der Waals surface area (Å²) < 4.78 is 1.47. The predicted octanol–water partition coefficient (Wildman–Crippen LogP) is 1.71. The fourth-order valence-electron chi connectivity index (χ4n) is 1.26. The fourth-order valence-corrected chi connectivity index (χ4v) is 1.96. The zero-order valence-electron chi connectivity index (χ0n) is 8.07. The maximum absolute atomic E-state index is 10.5. The van der Waals surface area contributed by atoms with E-state index in [1.54, 1.807) is 6.07 Å². The van der Waals surface area contributed by atoms with E-state index in [0.717, 1.165) is 11.8 Å². The van der Waals surface area contributed by atoms with Crippen LogP contribution in [0.2, 0.25) is 0 Å². The third-order valence-electron chi connectivity index (χ3n) is 1.97. The third-order valence-corrected chi connectivity index (χ3v) is 2.87. The zero-order valence-corrected chi connectivity index (χ0v) is 8.88. The molecule has 16 heavy (non-hydrogen) atoms. The van der Waals surface area contributed by atoms with Crippen molar-refractivity contribution >= 4 is 23.3 Å². The largest absolute Gasteiger partial charge is 0.307 e. The molecule has 0 aliphatic heterocycles. The Morgan fingerprint density at radius 2 is 2.44 bits per heavy atom. The van der Waals surface area contributed by atoms with Crippen LogP contribution in [0.3, 0.4) is 0 Å². The van der Waals surface area contributed by atoms with E-state index in [2.05, 4.69) is 5.10 Å². The predicted molar refractivity (Wildman–Crippen MR) is 57.7 cm³/mol. The molecular formula is C9H7N3O3S. The first-order chi connectivity index (χ1) is 7.69. The van der Waals surface area contributed by atoms with Crippen molar-refractivity contribution in [2.75, 3.05) is 0 Å². The molecule has 0 aliphatic rings. The monoisotopic (exact) mass is 237 g/mol. The Balaban J connectivity index is 2.13. The van der Waals surface area contributed by atoms with Crippen LogP contribution in [0, 0.1) is 10.1 Å². The van der Waals surface area contributed by atoms with Crippen LogP contribution in [0.15, 0.2) is 23.8 Å². The number of nitrogens with zero attached hydrogens (tertiary/aromatic N) is 3. The van der Waals surface area contributed by atoms with Crippen LogP contribution >= 0.6 is 11.3 Å². The lowest BCUT2D eigenvalue weighted by Gasteiger charge is -1.95. The highest BCUT2D eigenvalue weighted by Crippen LogP contribution is 2.15. The van der Waals surface area contributed by atoms with Crippen molar-refractivity contribution in [3.05, 3.63) is 44.4 Å². The van der Waals surface area contributed by atoms with E-state index >= 15 is 0 Å². The molecule has 0 N–H and O–H groups in total.